The summed E-state index contributed by atoms with van der Waals surface area (Å²) in [7, 11) is 0. The molecule has 0 N–H and O–H groups in total. The average Bonchev–Trinajstić information content (AvgIpc) is 2.13. The number of ether oxygens (including phenoxy) is 1. The molecule has 0 aliphatic carbocycles. The lowest BCUT2D eigenvalue weighted by atomic mass is 9.92. The normalized spacial score (nSPS) is 11.6. The molecule has 0 bridgehead atoms. The molecule has 0 rings (SSSR count). The van der Waals surface area contributed by atoms with Gasteiger partial charge in [0.2, 0.25) is 0 Å². The first kappa shape index (κ1) is 11.7. The predicted molar refractivity (Wildman–Crippen MR) is 54.4 cm³/mol. The van der Waals surface area contributed by atoms with E-state index in [2.05, 4.69) is 27.4 Å². The molecule has 0 unspecified atom stereocenters. The Morgan fingerprint density at radius 1 is 1.25 bits per heavy atom. The quantitative estimate of drug-likeness (QED) is 0.531. The minimum atomic E-state index is 0.114. The minimum Gasteiger partial charge on any atom is -0.371 e. The summed E-state index contributed by atoms with van der Waals surface area (Å²) < 4.78 is 5.80. The summed E-state index contributed by atoms with van der Waals surface area (Å²) in [5, 5.41) is 0. The van der Waals surface area contributed by atoms with E-state index in [-0.39, 0.29) is 5.60 Å². The Bertz CT molecular complexity index is 114. The molecule has 0 radical (unpaired) electrons. The fraction of sp³-hybridized carbons (Fsp3) is 0.818. The second kappa shape index (κ2) is 6.24. The zero-order chi connectivity index (χ0) is 9.45. The molecule has 1 nitrogen and oxygen atoms in total. The zero-order valence-corrected chi connectivity index (χ0v) is 8.73. The maximum atomic E-state index is 5.80. The highest BCUT2D eigenvalue weighted by molar-refractivity contribution is 4.79. The van der Waals surface area contributed by atoms with E-state index in [0.717, 1.165) is 19.3 Å². The van der Waals surface area contributed by atoms with Crippen LogP contribution in [-0.4, -0.2) is 12.2 Å². The van der Waals surface area contributed by atoms with Gasteiger partial charge in [-0.2, -0.15) is 0 Å². The molecule has 0 spiro atoms. The van der Waals surface area contributed by atoms with Crippen LogP contribution < -0.4 is 0 Å². The lowest BCUT2D eigenvalue weighted by molar-refractivity contribution is -0.0438. The van der Waals surface area contributed by atoms with Crippen molar-refractivity contribution in [3.05, 3.63) is 12.7 Å². The largest absolute Gasteiger partial charge is 0.371 e. The SMILES string of the molecule is C=CCOC(CC)(CC)CCC. The van der Waals surface area contributed by atoms with E-state index < -0.39 is 0 Å². The predicted octanol–water partition coefficient (Wildman–Crippen LogP) is 3.55. The second-order valence-electron chi connectivity index (χ2n) is 3.24. The Hall–Kier alpha value is -0.300. The molecule has 0 aliphatic heterocycles. The summed E-state index contributed by atoms with van der Waals surface area (Å²) in [6, 6.07) is 0. The zero-order valence-electron chi connectivity index (χ0n) is 8.73. The van der Waals surface area contributed by atoms with Crippen molar-refractivity contribution in [1.82, 2.24) is 0 Å². The van der Waals surface area contributed by atoms with Gasteiger partial charge in [0.15, 0.2) is 0 Å². The van der Waals surface area contributed by atoms with Gasteiger partial charge in [-0.1, -0.05) is 33.3 Å². The fourth-order valence-corrected chi connectivity index (χ4v) is 1.57. The maximum Gasteiger partial charge on any atom is 0.0681 e. The Kier molecular flexibility index (Phi) is 6.09. The highest BCUT2D eigenvalue weighted by Gasteiger charge is 2.24. The van der Waals surface area contributed by atoms with Gasteiger partial charge in [-0.15, -0.1) is 6.58 Å². The van der Waals surface area contributed by atoms with Crippen molar-refractivity contribution >= 4 is 0 Å². The van der Waals surface area contributed by atoms with Gasteiger partial charge in [0, 0.05) is 0 Å². The van der Waals surface area contributed by atoms with Crippen molar-refractivity contribution in [2.45, 2.75) is 52.1 Å². The van der Waals surface area contributed by atoms with Crippen LogP contribution in [0.5, 0.6) is 0 Å². The van der Waals surface area contributed by atoms with E-state index in [1.807, 2.05) is 6.08 Å². The van der Waals surface area contributed by atoms with E-state index >= 15 is 0 Å². The smallest absolute Gasteiger partial charge is 0.0681 e. The van der Waals surface area contributed by atoms with Crippen molar-refractivity contribution in [3.63, 3.8) is 0 Å². The van der Waals surface area contributed by atoms with Crippen molar-refractivity contribution in [1.29, 1.82) is 0 Å². The monoisotopic (exact) mass is 170 g/mol. The Labute approximate surface area is 76.8 Å². The minimum absolute atomic E-state index is 0.114. The third-order valence-corrected chi connectivity index (χ3v) is 2.50. The molecule has 0 saturated heterocycles. The second-order valence-corrected chi connectivity index (χ2v) is 3.24. The summed E-state index contributed by atoms with van der Waals surface area (Å²) in [5.74, 6) is 0. The Morgan fingerprint density at radius 2 is 1.83 bits per heavy atom. The van der Waals surface area contributed by atoms with E-state index in [0.29, 0.717) is 6.61 Å². The van der Waals surface area contributed by atoms with Gasteiger partial charge in [-0.3, -0.25) is 0 Å². The van der Waals surface area contributed by atoms with Crippen LogP contribution in [0, 0.1) is 0 Å². The van der Waals surface area contributed by atoms with E-state index in [9.17, 15) is 0 Å². The molecule has 0 saturated carbocycles. The molecule has 0 amide bonds. The van der Waals surface area contributed by atoms with Crippen LogP contribution in [0.3, 0.4) is 0 Å². The first-order chi connectivity index (χ1) is 5.74. The molecule has 0 aromatic heterocycles. The molecule has 0 aliphatic rings. The summed E-state index contributed by atoms with van der Waals surface area (Å²) in [5.41, 5.74) is 0.114. The molecule has 0 fully saturated rings. The molecule has 1 heteroatoms. The van der Waals surface area contributed by atoms with Crippen LogP contribution >= 0.6 is 0 Å². The first-order valence-electron chi connectivity index (χ1n) is 4.99. The number of rotatable bonds is 7. The van der Waals surface area contributed by atoms with Crippen LogP contribution in [0.2, 0.25) is 0 Å². The first-order valence-corrected chi connectivity index (χ1v) is 4.99. The molecule has 0 aromatic carbocycles. The lowest BCUT2D eigenvalue weighted by Gasteiger charge is -2.31. The Morgan fingerprint density at radius 3 is 2.17 bits per heavy atom. The van der Waals surface area contributed by atoms with Gasteiger partial charge in [-0.05, 0) is 19.3 Å². The van der Waals surface area contributed by atoms with Crippen LogP contribution in [0.15, 0.2) is 12.7 Å². The van der Waals surface area contributed by atoms with E-state index in [4.69, 9.17) is 4.74 Å². The molecular weight excluding hydrogens is 148 g/mol. The lowest BCUT2D eigenvalue weighted by Crippen LogP contribution is -2.30. The van der Waals surface area contributed by atoms with Crippen LogP contribution in [0.4, 0.5) is 0 Å². The third kappa shape index (κ3) is 3.40. The van der Waals surface area contributed by atoms with Gasteiger partial charge in [0.05, 0.1) is 12.2 Å². The van der Waals surface area contributed by atoms with Gasteiger partial charge in [0.1, 0.15) is 0 Å². The highest BCUT2D eigenvalue weighted by atomic mass is 16.5. The molecular formula is C11H22O. The Balaban J connectivity index is 4.03. The molecule has 12 heavy (non-hydrogen) atoms. The van der Waals surface area contributed by atoms with Gasteiger partial charge in [-0.25, -0.2) is 0 Å². The number of hydrogen-bond acceptors (Lipinski definition) is 1. The van der Waals surface area contributed by atoms with Crippen molar-refractivity contribution in [2.75, 3.05) is 6.61 Å². The maximum absolute atomic E-state index is 5.80. The summed E-state index contributed by atoms with van der Waals surface area (Å²) in [6.07, 6.45) is 6.39. The molecule has 0 heterocycles. The number of hydrogen-bond donors (Lipinski definition) is 0. The van der Waals surface area contributed by atoms with E-state index in [1.54, 1.807) is 0 Å². The standard InChI is InChI=1S/C11H22O/c1-5-9-11(7-3,8-4)12-10-6-2/h6H,2,5,7-10H2,1,3-4H3. The highest BCUT2D eigenvalue weighted by Crippen LogP contribution is 2.25. The summed E-state index contributed by atoms with van der Waals surface area (Å²) >= 11 is 0. The van der Waals surface area contributed by atoms with Crippen molar-refractivity contribution in [2.24, 2.45) is 0 Å². The molecule has 0 atom stereocenters. The summed E-state index contributed by atoms with van der Waals surface area (Å²) in [6.45, 7) is 10.9. The fourth-order valence-electron chi connectivity index (χ4n) is 1.57. The van der Waals surface area contributed by atoms with Crippen LogP contribution in [0.25, 0.3) is 0 Å². The van der Waals surface area contributed by atoms with Crippen LogP contribution in [-0.2, 0) is 4.74 Å². The molecule has 0 aromatic rings. The van der Waals surface area contributed by atoms with Gasteiger partial charge >= 0.3 is 0 Å². The van der Waals surface area contributed by atoms with E-state index in [1.165, 1.54) is 6.42 Å². The van der Waals surface area contributed by atoms with Crippen LogP contribution in [0.1, 0.15) is 46.5 Å². The van der Waals surface area contributed by atoms with Gasteiger partial charge in [0.25, 0.3) is 0 Å². The van der Waals surface area contributed by atoms with Crippen molar-refractivity contribution < 1.29 is 4.74 Å². The molecule has 72 valence electrons. The van der Waals surface area contributed by atoms with Crippen molar-refractivity contribution in [3.8, 4) is 0 Å². The van der Waals surface area contributed by atoms with Gasteiger partial charge < -0.3 is 4.74 Å². The average molecular weight is 170 g/mol. The topological polar surface area (TPSA) is 9.23 Å². The third-order valence-electron chi connectivity index (χ3n) is 2.50. The summed E-state index contributed by atoms with van der Waals surface area (Å²) in [4.78, 5) is 0.